The van der Waals surface area contributed by atoms with Crippen LogP contribution in [0.25, 0.3) is 17.0 Å². The van der Waals surface area contributed by atoms with Crippen molar-refractivity contribution in [3.05, 3.63) is 46.8 Å². The molecule has 0 spiro atoms. The molecule has 1 aliphatic rings. The lowest BCUT2D eigenvalue weighted by molar-refractivity contribution is -0.245. The highest BCUT2D eigenvalue weighted by molar-refractivity contribution is 5.82. The van der Waals surface area contributed by atoms with Gasteiger partial charge >= 0.3 is 5.63 Å². The Hall–Kier alpha value is -2.23. The summed E-state index contributed by atoms with van der Waals surface area (Å²) in [5.74, 6) is 0. The molecule has 3 rings (SSSR count). The number of ether oxygens (including phenoxy) is 1. The van der Waals surface area contributed by atoms with Crippen molar-refractivity contribution in [1.82, 2.24) is 0 Å². The van der Waals surface area contributed by atoms with E-state index in [0.29, 0.717) is 22.2 Å². The highest BCUT2D eigenvalue weighted by atomic mass is 16.6. The molecule has 0 saturated carbocycles. The van der Waals surface area contributed by atoms with Gasteiger partial charge in [0.25, 0.3) is 0 Å². The van der Waals surface area contributed by atoms with E-state index in [2.05, 4.69) is 11.9 Å². The van der Waals surface area contributed by atoms with Crippen LogP contribution in [0.5, 0.6) is 0 Å². The molecule has 0 radical (unpaired) electrons. The van der Waals surface area contributed by atoms with Crippen LogP contribution >= 0.6 is 0 Å². The van der Waals surface area contributed by atoms with Gasteiger partial charge in [0.05, 0.1) is 12.2 Å². The summed E-state index contributed by atoms with van der Waals surface area (Å²) >= 11 is 0. The topological polar surface area (TPSA) is 132 Å². The third-order valence-electron chi connectivity index (χ3n) is 4.22. The normalized spacial score (nSPS) is 29.5. The monoisotopic (exact) mass is 349 g/mol. The Balaban J connectivity index is 1.87. The van der Waals surface area contributed by atoms with E-state index in [1.807, 2.05) is 0 Å². The lowest BCUT2D eigenvalue weighted by atomic mass is 9.97. The first-order valence-electron chi connectivity index (χ1n) is 7.72. The molecular weight excluding hydrogens is 330 g/mol. The third-order valence-corrected chi connectivity index (χ3v) is 4.22. The molecule has 0 aliphatic carbocycles. The molecule has 2 aromatic rings. The van der Waals surface area contributed by atoms with E-state index in [4.69, 9.17) is 14.3 Å². The van der Waals surface area contributed by atoms with Crippen molar-refractivity contribution in [2.24, 2.45) is 0 Å². The number of benzene rings is 1. The van der Waals surface area contributed by atoms with Gasteiger partial charge in [-0.25, -0.2) is 4.79 Å². The molecular formula is C17H19NO7. The van der Waals surface area contributed by atoms with E-state index in [-0.39, 0.29) is 0 Å². The first-order chi connectivity index (χ1) is 11.9. The van der Waals surface area contributed by atoms with Crippen molar-refractivity contribution in [3.8, 4) is 0 Å². The van der Waals surface area contributed by atoms with Crippen molar-refractivity contribution in [2.45, 2.75) is 30.6 Å². The highest BCUT2D eigenvalue weighted by Crippen LogP contribution is 2.25. The van der Waals surface area contributed by atoms with Crippen LogP contribution in [0.1, 0.15) is 5.56 Å². The van der Waals surface area contributed by atoms with Gasteiger partial charge in [-0.05, 0) is 18.2 Å². The molecule has 1 fully saturated rings. The molecule has 2 heterocycles. The second-order valence-corrected chi connectivity index (χ2v) is 5.84. The molecule has 1 aromatic heterocycles. The fraction of sp³-hybridized carbons (Fsp3) is 0.353. The van der Waals surface area contributed by atoms with Gasteiger partial charge in [-0.2, -0.15) is 0 Å². The number of fused-ring (bicyclic) bond motifs is 1. The molecule has 1 aromatic carbocycles. The summed E-state index contributed by atoms with van der Waals surface area (Å²) in [6.07, 6.45) is -3.84. The Bertz CT molecular complexity index is 833. The quantitative estimate of drug-likeness (QED) is 0.473. The minimum absolute atomic E-state index is 0.315. The summed E-state index contributed by atoms with van der Waals surface area (Å²) in [4.78, 5) is 11.8. The molecule has 134 valence electrons. The van der Waals surface area contributed by atoms with Crippen LogP contribution in [0.3, 0.4) is 0 Å². The SMILES string of the molecule is C=Cc1cc2ccc(NC3[C@H](O)OC(CO)[C@@H](O)[C@@H]3O)cc2oc1=O. The Morgan fingerprint density at radius 1 is 1.20 bits per heavy atom. The zero-order chi connectivity index (χ0) is 18.1. The van der Waals surface area contributed by atoms with Crippen molar-refractivity contribution >= 4 is 22.7 Å². The van der Waals surface area contributed by atoms with E-state index < -0.39 is 42.9 Å². The largest absolute Gasteiger partial charge is 0.422 e. The lowest BCUT2D eigenvalue weighted by Gasteiger charge is -2.40. The maximum absolute atomic E-state index is 11.8. The van der Waals surface area contributed by atoms with Crippen LogP contribution < -0.4 is 10.9 Å². The van der Waals surface area contributed by atoms with E-state index in [1.54, 1.807) is 18.2 Å². The predicted octanol–water partition coefficient (Wildman–Crippen LogP) is -0.352. The van der Waals surface area contributed by atoms with Crippen molar-refractivity contribution < 1.29 is 29.6 Å². The molecule has 1 aliphatic heterocycles. The standard InChI is InChI=1S/C17H19NO7/c1-2-8-5-9-3-4-10(6-11(9)24-16(8)22)18-13-15(21)14(20)12(7-19)25-17(13)23/h2-6,12-15,17-21,23H,1,7H2/t12?,13?,14-,15-,17-/m1/s1. The molecule has 5 N–H and O–H groups in total. The Morgan fingerprint density at radius 2 is 1.96 bits per heavy atom. The molecule has 8 nitrogen and oxygen atoms in total. The minimum Gasteiger partial charge on any atom is -0.422 e. The molecule has 2 unspecified atom stereocenters. The average molecular weight is 349 g/mol. The summed E-state index contributed by atoms with van der Waals surface area (Å²) in [5, 5.41) is 42.7. The van der Waals surface area contributed by atoms with E-state index >= 15 is 0 Å². The van der Waals surface area contributed by atoms with Gasteiger partial charge in [0.2, 0.25) is 0 Å². The van der Waals surface area contributed by atoms with Crippen LogP contribution in [0, 0.1) is 0 Å². The van der Waals surface area contributed by atoms with Crippen molar-refractivity contribution in [1.29, 1.82) is 0 Å². The van der Waals surface area contributed by atoms with Crippen LogP contribution in [0.4, 0.5) is 5.69 Å². The smallest absolute Gasteiger partial charge is 0.343 e. The minimum atomic E-state index is -1.44. The second kappa shape index (κ2) is 6.95. The zero-order valence-electron chi connectivity index (χ0n) is 13.2. The number of anilines is 1. The number of nitrogens with one attached hydrogen (secondary N) is 1. The van der Waals surface area contributed by atoms with Crippen LogP contribution in [-0.2, 0) is 4.74 Å². The summed E-state index contributed by atoms with van der Waals surface area (Å²) in [5.41, 5.74) is 0.582. The van der Waals surface area contributed by atoms with Crippen LogP contribution in [0.15, 0.2) is 40.1 Å². The summed E-state index contributed by atoms with van der Waals surface area (Å²) in [7, 11) is 0. The Kier molecular flexibility index (Phi) is 4.89. The lowest BCUT2D eigenvalue weighted by Crippen LogP contribution is -2.61. The van der Waals surface area contributed by atoms with Crippen molar-refractivity contribution in [3.63, 3.8) is 0 Å². The van der Waals surface area contributed by atoms with Crippen LogP contribution in [0.2, 0.25) is 0 Å². The Labute approximate surface area is 142 Å². The Morgan fingerprint density at radius 3 is 2.64 bits per heavy atom. The summed E-state index contributed by atoms with van der Waals surface area (Å²) in [6, 6.07) is 5.51. The van der Waals surface area contributed by atoms with E-state index in [9.17, 15) is 20.1 Å². The van der Waals surface area contributed by atoms with Gasteiger partial charge in [0.15, 0.2) is 6.29 Å². The molecule has 8 heteroatoms. The maximum Gasteiger partial charge on any atom is 0.343 e. The van der Waals surface area contributed by atoms with E-state index in [0.717, 1.165) is 0 Å². The highest BCUT2D eigenvalue weighted by Gasteiger charge is 2.43. The van der Waals surface area contributed by atoms with Gasteiger partial charge in [-0.15, -0.1) is 0 Å². The summed E-state index contributed by atoms with van der Waals surface area (Å²) < 4.78 is 10.3. The van der Waals surface area contributed by atoms with E-state index in [1.165, 1.54) is 12.1 Å². The molecule has 1 saturated heterocycles. The number of hydrogen-bond donors (Lipinski definition) is 5. The zero-order valence-corrected chi connectivity index (χ0v) is 13.2. The number of rotatable bonds is 4. The van der Waals surface area contributed by atoms with Gasteiger partial charge in [-0.3, -0.25) is 0 Å². The number of aliphatic hydroxyl groups is 4. The third kappa shape index (κ3) is 3.30. The molecule has 0 amide bonds. The van der Waals surface area contributed by atoms with Gasteiger partial charge in [0, 0.05) is 17.1 Å². The van der Waals surface area contributed by atoms with Gasteiger partial charge in [0.1, 0.15) is 29.9 Å². The van der Waals surface area contributed by atoms with Crippen LogP contribution in [-0.4, -0.2) is 57.7 Å². The first kappa shape index (κ1) is 17.6. The van der Waals surface area contributed by atoms with Gasteiger partial charge in [-0.1, -0.05) is 12.7 Å². The molecule has 25 heavy (non-hydrogen) atoms. The maximum atomic E-state index is 11.8. The summed E-state index contributed by atoms with van der Waals surface area (Å²) in [6.45, 7) is 3.01. The number of hydrogen-bond acceptors (Lipinski definition) is 8. The number of aliphatic hydroxyl groups excluding tert-OH is 4. The average Bonchev–Trinajstić information content (AvgIpc) is 2.61. The predicted molar refractivity (Wildman–Crippen MR) is 90.0 cm³/mol. The van der Waals surface area contributed by atoms with Crippen molar-refractivity contribution in [2.75, 3.05) is 11.9 Å². The fourth-order valence-electron chi connectivity index (χ4n) is 2.80. The van der Waals surface area contributed by atoms with Gasteiger partial charge < -0.3 is 34.9 Å². The molecule has 0 bridgehead atoms. The molecule has 5 atom stereocenters. The second-order valence-electron chi connectivity index (χ2n) is 5.84. The first-order valence-corrected chi connectivity index (χ1v) is 7.72. The fourth-order valence-corrected chi connectivity index (χ4v) is 2.80.